The van der Waals surface area contributed by atoms with Gasteiger partial charge in [0.15, 0.2) is 0 Å². The maximum Gasteiger partial charge on any atom is 0.259 e. The SMILES string of the molecule is COc1ccc(C(=O)N2c3ccccc3NC(=O)[C@@H]2CC(=O)Nc2ccc(Cl)cc2)cc1. The van der Waals surface area contributed by atoms with E-state index < -0.39 is 17.9 Å². The standard InChI is InChI=1S/C24H20ClN3O4/c1-32-18-12-6-15(7-13-18)24(31)28-20-5-3-2-4-19(20)27-23(30)21(28)14-22(29)26-17-10-8-16(25)9-11-17/h2-13,21H,14H2,1H3,(H,26,29)(H,27,30)/t21-/m0/s1. The Labute approximate surface area is 189 Å². The van der Waals surface area contributed by atoms with Crippen molar-refractivity contribution in [3.8, 4) is 5.75 Å². The third kappa shape index (κ3) is 4.43. The van der Waals surface area contributed by atoms with Crippen LogP contribution in [-0.2, 0) is 9.59 Å². The maximum atomic E-state index is 13.5. The molecule has 3 amide bonds. The topological polar surface area (TPSA) is 87.7 Å². The van der Waals surface area contributed by atoms with Gasteiger partial charge in [-0.1, -0.05) is 23.7 Å². The highest BCUT2D eigenvalue weighted by atomic mass is 35.5. The molecule has 1 heterocycles. The van der Waals surface area contributed by atoms with Crippen LogP contribution in [0.4, 0.5) is 17.1 Å². The first-order chi connectivity index (χ1) is 15.5. The number of amides is 3. The first kappa shape index (κ1) is 21.4. The van der Waals surface area contributed by atoms with Gasteiger partial charge in [-0.2, -0.15) is 0 Å². The van der Waals surface area contributed by atoms with Crippen LogP contribution in [-0.4, -0.2) is 30.9 Å². The lowest BCUT2D eigenvalue weighted by molar-refractivity contribution is -0.122. The van der Waals surface area contributed by atoms with E-state index in [4.69, 9.17) is 16.3 Å². The molecule has 0 bridgehead atoms. The number of hydrogen-bond donors (Lipinski definition) is 2. The lowest BCUT2D eigenvalue weighted by Crippen LogP contribution is -2.52. The number of ether oxygens (including phenoxy) is 1. The predicted octanol–water partition coefficient (Wildman–Crippen LogP) is 4.34. The van der Waals surface area contributed by atoms with Crippen LogP contribution in [0, 0.1) is 0 Å². The number of fused-ring (bicyclic) bond motifs is 1. The largest absolute Gasteiger partial charge is 0.497 e. The molecule has 3 aromatic rings. The second kappa shape index (κ2) is 9.11. The van der Waals surface area contributed by atoms with Crippen LogP contribution in [0.5, 0.6) is 5.75 Å². The molecule has 162 valence electrons. The highest BCUT2D eigenvalue weighted by Crippen LogP contribution is 2.34. The number of halogens is 1. The summed E-state index contributed by atoms with van der Waals surface area (Å²) in [4.78, 5) is 40.5. The Balaban J connectivity index is 1.64. The summed E-state index contributed by atoms with van der Waals surface area (Å²) in [5, 5.41) is 6.08. The molecule has 1 aliphatic rings. The zero-order valence-corrected chi connectivity index (χ0v) is 17.9. The first-order valence-electron chi connectivity index (χ1n) is 9.89. The number of rotatable bonds is 5. The van der Waals surface area contributed by atoms with Gasteiger partial charge >= 0.3 is 0 Å². The van der Waals surface area contributed by atoms with Crippen LogP contribution in [0.3, 0.4) is 0 Å². The molecule has 3 aromatic carbocycles. The van der Waals surface area contributed by atoms with E-state index in [-0.39, 0.29) is 12.3 Å². The van der Waals surface area contributed by atoms with E-state index in [2.05, 4.69) is 10.6 Å². The molecule has 1 aliphatic heterocycles. The summed E-state index contributed by atoms with van der Waals surface area (Å²) in [6.07, 6.45) is -0.218. The van der Waals surface area contributed by atoms with Crippen LogP contribution < -0.4 is 20.3 Å². The van der Waals surface area contributed by atoms with Gasteiger partial charge in [-0.15, -0.1) is 0 Å². The average Bonchev–Trinajstić information content (AvgIpc) is 2.80. The summed E-state index contributed by atoms with van der Waals surface area (Å²) in [6.45, 7) is 0. The molecule has 0 fully saturated rings. The lowest BCUT2D eigenvalue weighted by Gasteiger charge is -2.36. The third-order valence-corrected chi connectivity index (χ3v) is 5.35. The van der Waals surface area contributed by atoms with Gasteiger partial charge in [0.25, 0.3) is 5.91 Å². The number of nitrogens with zero attached hydrogens (tertiary/aromatic N) is 1. The molecule has 0 aromatic heterocycles. The minimum absolute atomic E-state index is 0.218. The molecule has 4 rings (SSSR count). The maximum absolute atomic E-state index is 13.5. The number of benzene rings is 3. The summed E-state index contributed by atoms with van der Waals surface area (Å²) in [5.74, 6) is -0.618. The molecule has 0 spiro atoms. The van der Waals surface area contributed by atoms with Crippen molar-refractivity contribution >= 4 is 46.4 Å². The monoisotopic (exact) mass is 449 g/mol. The van der Waals surface area contributed by atoms with Gasteiger partial charge in [-0.3, -0.25) is 19.3 Å². The number of carbonyl (C=O) groups excluding carboxylic acids is 3. The van der Waals surface area contributed by atoms with E-state index in [1.54, 1.807) is 72.8 Å². The van der Waals surface area contributed by atoms with E-state index in [9.17, 15) is 14.4 Å². The number of para-hydroxylation sites is 2. The minimum atomic E-state index is -1.02. The van der Waals surface area contributed by atoms with Gasteiger partial charge in [0.1, 0.15) is 11.8 Å². The lowest BCUT2D eigenvalue weighted by atomic mass is 10.0. The third-order valence-electron chi connectivity index (χ3n) is 5.10. The van der Waals surface area contributed by atoms with E-state index >= 15 is 0 Å². The number of methoxy groups -OCH3 is 1. The fourth-order valence-electron chi connectivity index (χ4n) is 3.52. The van der Waals surface area contributed by atoms with Gasteiger partial charge in [-0.05, 0) is 60.7 Å². The summed E-state index contributed by atoms with van der Waals surface area (Å²) in [7, 11) is 1.54. The summed E-state index contributed by atoms with van der Waals surface area (Å²) in [5.41, 5.74) is 1.95. The second-order valence-corrected chi connectivity index (χ2v) is 7.62. The molecule has 0 saturated carbocycles. The van der Waals surface area contributed by atoms with Crippen LogP contribution in [0.25, 0.3) is 0 Å². The fraction of sp³-hybridized carbons (Fsp3) is 0.125. The number of hydrogen-bond acceptors (Lipinski definition) is 4. The molecule has 0 aliphatic carbocycles. The van der Waals surface area contributed by atoms with Crippen LogP contribution >= 0.6 is 11.6 Å². The quantitative estimate of drug-likeness (QED) is 0.606. The van der Waals surface area contributed by atoms with Gasteiger partial charge in [0.2, 0.25) is 11.8 Å². The molecule has 0 saturated heterocycles. The zero-order valence-electron chi connectivity index (χ0n) is 17.2. The van der Waals surface area contributed by atoms with Crippen LogP contribution in [0.2, 0.25) is 5.02 Å². The Morgan fingerprint density at radius 1 is 1.03 bits per heavy atom. The second-order valence-electron chi connectivity index (χ2n) is 7.19. The fourth-order valence-corrected chi connectivity index (χ4v) is 3.65. The molecule has 0 radical (unpaired) electrons. The molecular weight excluding hydrogens is 430 g/mol. The van der Waals surface area contributed by atoms with Gasteiger partial charge in [-0.25, -0.2) is 0 Å². The van der Waals surface area contributed by atoms with Crippen molar-refractivity contribution in [2.45, 2.75) is 12.5 Å². The van der Waals surface area contributed by atoms with Crippen molar-refractivity contribution < 1.29 is 19.1 Å². The molecule has 2 N–H and O–H groups in total. The average molecular weight is 450 g/mol. The van der Waals surface area contributed by atoms with Gasteiger partial charge in [0, 0.05) is 16.3 Å². The zero-order chi connectivity index (χ0) is 22.7. The van der Waals surface area contributed by atoms with Crippen molar-refractivity contribution in [2.75, 3.05) is 22.6 Å². The predicted molar refractivity (Wildman–Crippen MR) is 123 cm³/mol. The summed E-state index contributed by atoms with van der Waals surface area (Å²) < 4.78 is 5.16. The van der Waals surface area contributed by atoms with Crippen molar-refractivity contribution in [3.05, 3.63) is 83.4 Å². The highest BCUT2D eigenvalue weighted by molar-refractivity contribution is 6.30. The Bertz CT molecular complexity index is 1160. The van der Waals surface area contributed by atoms with E-state index in [1.165, 1.54) is 12.0 Å². The van der Waals surface area contributed by atoms with Crippen LogP contribution in [0.1, 0.15) is 16.8 Å². The van der Waals surface area contributed by atoms with Crippen molar-refractivity contribution in [2.24, 2.45) is 0 Å². The first-order valence-corrected chi connectivity index (χ1v) is 10.3. The van der Waals surface area contributed by atoms with E-state index in [0.717, 1.165) is 0 Å². The Kier molecular flexibility index (Phi) is 6.09. The highest BCUT2D eigenvalue weighted by Gasteiger charge is 2.38. The minimum Gasteiger partial charge on any atom is -0.497 e. The van der Waals surface area contributed by atoms with Gasteiger partial charge in [0.05, 0.1) is 24.9 Å². The Hall–Kier alpha value is -3.84. The van der Waals surface area contributed by atoms with Crippen molar-refractivity contribution in [3.63, 3.8) is 0 Å². The molecule has 0 unspecified atom stereocenters. The number of anilines is 3. The summed E-state index contributed by atoms with van der Waals surface area (Å²) >= 11 is 5.88. The van der Waals surface area contributed by atoms with Gasteiger partial charge < -0.3 is 15.4 Å². The number of nitrogens with one attached hydrogen (secondary N) is 2. The molecule has 1 atom stereocenters. The smallest absolute Gasteiger partial charge is 0.259 e. The molecule has 7 nitrogen and oxygen atoms in total. The summed E-state index contributed by atoms with van der Waals surface area (Å²) in [6, 6.07) is 19.2. The van der Waals surface area contributed by atoms with Crippen molar-refractivity contribution in [1.82, 2.24) is 0 Å². The molecule has 8 heteroatoms. The van der Waals surface area contributed by atoms with Crippen molar-refractivity contribution in [1.29, 1.82) is 0 Å². The van der Waals surface area contributed by atoms with E-state index in [0.29, 0.717) is 33.4 Å². The van der Waals surface area contributed by atoms with E-state index in [1.807, 2.05) is 0 Å². The molecular formula is C24H20ClN3O4. The Morgan fingerprint density at radius 3 is 2.41 bits per heavy atom. The van der Waals surface area contributed by atoms with Crippen LogP contribution in [0.15, 0.2) is 72.8 Å². The molecule has 32 heavy (non-hydrogen) atoms. The normalized spacial score (nSPS) is 14.9. The Morgan fingerprint density at radius 2 is 1.72 bits per heavy atom. The number of carbonyl (C=O) groups is 3.